The van der Waals surface area contributed by atoms with Crippen LogP contribution >= 0.6 is 11.6 Å². The van der Waals surface area contributed by atoms with Crippen molar-refractivity contribution in [3.63, 3.8) is 0 Å². The molecule has 0 aromatic heterocycles. The highest BCUT2D eigenvalue weighted by molar-refractivity contribution is 6.76. The molecule has 12 heteroatoms. The molecule has 1 aromatic rings. The minimum absolute atomic E-state index is 0.0403. The molecule has 262 valence electrons. The fourth-order valence-corrected chi connectivity index (χ4v) is 7.65. The molecule has 2 fully saturated rings. The average molecular weight is 686 g/mol. The number of piperidine rings is 1. The molecule has 1 saturated carbocycles. The normalized spacial score (nSPS) is 20.4. The minimum Gasteiger partial charge on any atom is -0.450 e. The predicted molar refractivity (Wildman–Crippen MR) is 182 cm³/mol. The smallest absolute Gasteiger partial charge is 0.407 e. The zero-order valence-electron chi connectivity index (χ0n) is 28.3. The molecule has 1 saturated heterocycles. The van der Waals surface area contributed by atoms with Gasteiger partial charge in [-0.25, -0.2) is 14.0 Å². The van der Waals surface area contributed by atoms with Gasteiger partial charge in [-0.2, -0.15) is 0 Å². The molecule has 46 heavy (non-hydrogen) atoms. The Kier molecular flexibility index (Phi) is 15.6. The molecule has 0 unspecified atom stereocenters. The van der Waals surface area contributed by atoms with Gasteiger partial charge in [0.25, 0.3) is 0 Å². The third-order valence-electron chi connectivity index (χ3n) is 9.58. The highest BCUT2D eigenvalue weighted by Crippen LogP contribution is 2.42. The van der Waals surface area contributed by atoms with E-state index in [9.17, 15) is 19.8 Å². The Morgan fingerprint density at radius 1 is 1.13 bits per heavy atom. The maximum Gasteiger partial charge on any atom is 0.407 e. The number of carbonyl (C=O) groups is 2. The molecule has 4 N–H and O–H groups in total. The van der Waals surface area contributed by atoms with Gasteiger partial charge >= 0.3 is 12.1 Å². The van der Waals surface area contributed by atoms with Crippen molar-refractivity contribution in [3.8, 4) is 0 Å². The lowest BCUT2D eigenvalue weighted by atomic mass is 9.74. The minimum atomic E-state index is -1.53. The number of aliphatic hydroxyl groups excluding tert-OH is 1. The molecule has 9 nitrogen and oxygen atoms in total. The molecule has 1 aromatic carbocycles. The van der Waals surface area contributed by atoms with Gasteiger partial charge in [0.05, 0.1) is 29.4 Å². The van der Waals surface area contributed by atoms with Crippen molar-refractivity contribution in [2.75, 3.05) is 40.0 Å². The molecule has 1 heterocycles. The lowest BCUT2D eigenvalue weighted by molar-refractivity contribution is -0.0589. The Balaban J connectivity index is 1.70. The number of benzene rings is 1. The predicted octanol–water partition coefficient (Wildman–Crippen LogP) is 6.67. The summed E-state index contributed by atoms with van der Waals surface area (Å²) < 4.78 is 25.8. The van der Waals surface area contributed by atoms with Crippen molar-refractivity contribution in [1.82, 2.24) is 15.5 Å². The number of hydrogen-bond acceptors (Lipinski definition) is 6. The summed E-state index contributed by atoms with van der Waals surface area (Å²) in [6.45, 7) is 8.17. The third kappa shape index (κ3) is 12.0. The maximum absolute atomic E-state index is 15.3. The number of aliphatic hydroxyl groups is 2. The number of hydrogen-bond donors (Lipinski definition) is 4. The van der Waals surface area contributed by atoms with E-state index in [2.05, 4.69) is 30.3 Å². The number of unbranched alkanes of at least 4 members (excludes halogenated alkanes) is 1. The van der Waals surface area contributed by atoms with Crippen molar-refractivity contribution in [1.29, 1.82) is 0 Å². The first kappa shape index (κ1) is 38.5. The lowest BCUT2D eigenvalue weighted by Gasteiger charge is -2.43. The van der Waals surface area contributed by atoms with Crippen LogP contribution < -0.4 is 10.6 Å². The number of carbonyl (C=O) groups excluding carboxylic acids is 2. The number of amides is 3. The Labute approximate surface area is 280 Å². The van der Waals surface area contributed by atoms with E-state index in [0.29, 0.717) is 64.2 Å². The highest BCUT2D eigenvalue weighted by atomic mass is 35.5. The number of nitrogens with zero attached hydrogens (tertiary/aromatic N) is 1. The van der Waals surface area contributed by atoms with Gasteiger partial charge in [-0.3, -0.25) is 0 Å². The molecule has 3 amide bonds. The molecule has 0 bridgehead atoms. The van der Waals surface area contributed by atoms with Crippen LogP contribution in [-0.2, 0) is 15.1 Å². The topological polar surface area (TPSA) is 120 Å². The van der Waals surface area contributed by atoms with E-state index in [0.717, 1.165) is 31.7 Å². The van der Waals surface area contributed by atoms with Gasteiger partial charge in [0.15, 0.2) is 0 Å². The summed E-state index contributed by atoms with van der Waals surface area (Å²) in [6, 6.07) is 4.63. The van der Waals surface area contributed by atoms with Crippen LogP contribution in [0.15, 0.2) is 18.2 Å². The first-order chi connectivity index (χ1) is 21.8. The maximum atomic E-state index is 15.3. The van der Waals surface area contributed by atoms with Crippen LogP contribution in [0.1, 0.15) is 76.2 Å². The van der Waals surface area contributed by atoms with Crippen molar-refractivity contribution >= 4 is 31.8 Å². The zero-order chi connectivity index (χ0) is 33.7. The molecule has 1 aliphatic heterocycles. The van der Waals surface area contributed by atoms with Gasteiger partial charge in [-0.15, -0.1) is 0 Å². The SMILES string of the molecule is COCCCC[C@@](O)(c1cccc(Cl)c1F)[C@@H]1CCCN(C(=O)N[C@@H](CC2CCCCC2)[C@@H](O)CNC(=O)OCC[Si](C)(C)C)C1. The van der Waals surface area contributed by atoms with Crippen LogP contribution in [0.4, 0.5) is 14.0 Å². The number of likely N-dealkylation sites (tertiary alicyclic amines) is 1. The number of methoxy groups -OCH3 is 1. The Morgan fingerprint density at radius 2 is 1.87 bits per heavy atom. The van der Waals surface area contributed by atoms with Gasteiger partial charge in [-0.05, 0) is 56.6 Å². The van der Waals surface area contributed by atoms with E-state index in [1.807, 2.05) is 0 Å². The quantitative estimate of drug-likeness (QED) is 0.114. The summed E-state index contributed by atoms with van der Waals surface area (Å²) in [7, 11) is 0.270. The summed E-state index contributed by atoms with van der Waals surface area (Å²) >= 11 is 6.14. The summed E-state index contributed by atoms with van der Waals surface area (Å²) in [5.41, 5.74) is -1.37. The molecular formula is C34H57ClFN3O6Si. The second-order valence-corrected chi connectivity index (χ2v) is 20.5. The van der Waals surface area contributed by atoms with Gasteiger partial charge in [0.2, 0.25) is 0 Å². The van der Waals surface area contributed by atoms with Crippen LogP contribution in [0.25, 0.3) is 0 Å². The van der Waals surface area contributed by atoms with Gasteiger partial charge < -0.3 is 35.2 Å². The number of rotatable bonds is 16. The number of urea groups is 1. The third-order valence-corrected chi connectivity index (χ3v) is 11.6. The summed E-state index contributed by atoms with van der Waals surface area (Å²) in [5.74, 6) is -0.687. The molecule has 4 atom stereocenters. The molecule has 2 aliphatic rings. The van der Waals surface area contributed by atoms with Crippen LogP contribution in [-0.4, -0.2) is 87.4 Å². The molecule has 1 aliphatic carbocycles. The fourth-order valence-electron chi connectivity index (χ4n) is 6.76. The van der Waals surface area contributed by atoms with Gasteiger partial charge in [0, 0.05) is 52.9 Å². The Hall–Kier alpha value is -1.92. The lowest BCUT2D eigenvalue weighted by Crippen LogP contribution is -2.56. The summed E-state index contributed by atoms with van der Waals surface area (Å²) in [5, 5.41) is 29.0. The first-order valence-corrected chi connectivity index (χ1v) is 21.2. The first-order valence-electron chi connectivity index (χ1n) is 17.1. The second-order valence-electron chi connectivity index (χ2n) is 14.5. The van der Waals surface area contributed by atoms with E-state index < -0.39 is 43.6 Å². The van der Waals surface area contributed by atoms with E-state index in [4.69, 9.17) is 21.1 Å². The number of alkyl carbamates (subject to hydrolysis) is 1. The monoisotopic (exact) mass is 685 g/mol. The summed E-state index contributed by atoms with van der Waals surface area (Å²) in [4.78, 5) is 27.8. The highest BCUT2D eigenvalue weighted by Gasteiger charge is 2.43. The molecular weight excluding hydrogens is 629 g/mol. The zero-order valence-corrected chi connectivity index (χ0v) is 30.0. The number of ether oxygens (including phenoxy) is 2. The van der Waals surface area contributed by atoms with Crippen molar-refractivity contribution < 1.29 is 33.7 Å². The van der Waals surface area contributed by atoms with Crippen LogP contribution in [0.2, 0.25) is 30.7 Å². The second kappa shape index (κ2) is 18.6. The van der Waals surface area contributed by atoms with E-state index in [1.54, 1.807) is 24.1 Å². The number of halogens is 2. The van der Waals surface area contributed by atoms with E-state index >= 15 is 4.39 Å². The van der Waals surface area contributed by atoms with Crippen molar-refractivity contribution in [2.45, 2.75) is 114 Å². The standard InChI is InChI=1S/C34H57ClFN3O6Si/c1-44-19-9-8-17-34(43,27-15-10-16-28(35)31(27)36)26-14-11-18-39(24-26)32(41)38-29(22-25-12-6-5-7-13-25)30(40)23-37-33(42)45-20-21-46(2,3)4/h10,15-16,25-26,29-30,40,43H,5-9,11-14,17-24H2,1-4H3,(H,37,42)(H,38,41)/t26-,29+,30+,34+/m1/s1. The molecule has 3 rings (SSSR count). The number of nitrogens with one attached hydrogen (secondary N) is 2. The Bertz CT molecular complexity index is 1110. The van der Waals surface area contributed by atoms with Gasteiger partial charge in [-0.1, -0.05) is 75.5 Å². The average Bonchev–Trinajstić information content (AvgIpc) is 3.02. The van der Waals surface area contributed by atoms with Crippen LogP contribution in [0.3, 0.4) is 0 Å². The van der Waals surface area contributed by atoms with E-state index in [1.165, 1.54) is 12.5 Å². The van der Waals surface area contributed by atoms with Crippen LogP contribution in [0.5, 0.6) is 0 Å². The fraction of sp³-hybridized carbons (Fsp3) is 0.765. The largest absolute Gasteiger partial charge is 0.450 e. The molecule has 0 spiro atoms. The van der Waals surface area contributed by atoms with Crippen LogP contribution in [0, 0.1) is 17.7 Å². The summed E-state index contributed by atoms with van der Waals surface area (Å²) in [6.07, 6.45) is 7.43. The van der Waals surface area contributed by atoms with Gasteiger partial charge in [0.1, 0.15) is 5.82 Å². The van der Waals surface area contributed by atoms with Crippen molar-refractivity contribution in [3.05, 3.63) is 34.6 Å². The van der Waals surface area contributed by atoms with E-state index in [-0.39, 0.29) is 29.7 Å². The van der Waals surface area contributed by atoms with Crippen molar-refractivity contribution in [2.24, 2.45) is 11.8 Å². The Morgan fingerprint density at radius 3 is 2.57 bits per heavy atom. The molecule has 0 radical (unpaired) electrons.